The SMILES string of the molecule is Cc1oc2ncnc(NCCC(C)O)c2c1C. The van der Waals surface area contributed by atoms with Crippen molar-refractivity contribution in [1.29, 1.82) is 0 Å². The van der Waals surface area contributed by atoms with E-state index in [2.05, 4.69) is 15.3 Å². The number of nitrogens with one attached hydrogen (secondary N) is 1. The van der Waals surface area contributed by atoms with E-state index >= 15 is 0 Å². The smallest absolute Gasteiger partial charge is 0.231 e. The Bertz CT molecular complexity index is 520. The predicted octanol–water partition coefficient (Wildman–Crippen LogP) is 2.02. The molecule has 0 aliphatic heterocycles. The molecular weight excluding hydrogens is 218 g/mol. The van der Waals surface area contributed by atoms with E-state index in [-0.39, 0.29) is 6.10 Å². The Labute approximate surface area is 99.9 Å². The van der Waals surface area contributed by atoms with E-state index in [4.69, 9.17) is 4.42 Å². The molecule has 0 saturated heterocycles. The zero-order valence-electron chi connectivity index (χ0n) is 10.3. The summed E-state index contributed by atoms with van der Waals surface area (Å²) in [7, 11) is 0. The Morgan fingerprint density at radius 3 is 2.88 bits per heavy atom. The van der Waals surface area contributed by atoms with Crippen LogP contribution in [0.5, 0.6) is 0 Å². The highest BCUT2D eigenvalue weighted by Crippen LogP contribution is 2.27. The minimum atomic E-state index is -0.313. The van der Waals surface area contributed by atoms with Crippen molar-refractivity contribution in [2.24, 2.45) is 0 Å². The van der Waals surface area contributed by atoms with Gasteiger partial charge >= 0.3 is 0 Å². The Morgan fingerprint density at radius 2 is 2.18 bits per heavy atom. The van der Waals surface area contributed by atoms with Crippen molar-refractivity contribution in [3.63, 3.8) is 0 Å². The van der Waals surface area contributed by atoms with Crippen LogP contribution in [0.4, 0.5) is 5.82 Å². The van der Waals surface area contributed by atoms with Gasteiger partial charge in [0, 0.05) is 12.1 Å². The number of aliphatic hydroxyl groups is 1. The first-order valence-electron chi connectivity index (χ1n) is 5.72. The van der Waals surface area contributed by atoms with Gasteiger partial charge in [0.25, 0.3) is 0 Å². The third kappa shape index (κ3) is 2.39. The van der Waals surface area contributed by atoms with Crippen LogP contribution in [0.15, 0.2) is 10.7 Å². The predicted molar refractivity (Wildman–Crippen MR) is 66.1 cm³/mol. The minimum absolute atomic E-state index is 0.313. The lowest BCUT2D eigenvalue weighted by Crippen LogP contribution is -2.10. The normalized spacial score (nSPS) is 12.9. The Morgan fingerprint density at radius 1 is 1.41 bits per heavy atom. The van der Waals surface area contributed by atoms with Gasteiger partial charge in [0.05, 0.1) is 11.5 Å². The summed E-state index contributed by atoms with van der Waals surface area (Å²) in [5.74, 6) is 1.63. The molecule has 2 N–H and O–H groups in total. The van der Waals surface area contributed by atoms with E-state index in [1.54, 1.807) is 6.92 Å². The van der Waals surface area contributed by atoms with E-state index in [0.29, 0.717) is 18.7 Å². The molecule has 0 amide bonds. The van der Waals surface area contributed by atoms with Crippen molar-refractivity contribution in [2.75, 3.05) is 11.9 Å². The number of aromatic nitrogens is 2. The Balaban J connectivity index is 2.27. The lowest BCUT2D eigenvalue weighted by atomic mass is 10.2. The van der Waals surface area contributed by atoms with E-state index in [1.807, 2.05) is 13.8 Å². The molecule has 0 fully saturated rings. The van der Waals surface area contributed by atoms with E-state index in [9.17, 15) is 5.11 Å². The maximum atomic E-state index is 9.21. The van der Waals surface area contributed by atoms with Gasteiger partial charge in [-0.3, -0.25) is 0 Å². The second kappa shape index (κ2) is 4.71. The molecule has 92 valence electrons. The fraction of sp³-hybridized carbons (Fsp3) is 0.500. The van der Waals surface area contributed by atoms with E-state index in [1.165, 1.54) is 6.33 Å². The molecule has 2 rings (SSSR count). The first-order valence-corrected chi connectivity index (χ1v) is 5.72. The van der Waals surface area contributed by atoms with Gasteiger partial charge in [0.15, 0.2) is 0 Å². The molecule has 1 unspecified atom stereocenters. The standard InChI is InChI=1S/C12H17N3O2/c1-7(16)4-5-13-11-10-8(2)9(3)17-12(10)15-6-14-11/h6-7,16H,4-5H2,1-3H3,(H,13,14,15). The van der Waals surface area contributed by atoms with Crippen molar-refractivity contribution in [3.8, 4) is 0 Å². The van der Waals surface area contributed by atoms with Gasteiger partial charge in [-0.25, -0.2) is 9.97 Å². The van der Waals surface area contributed by atoms with Crippen LogP contribution in [0.25, 0.3) is 11.1 Å². The van der Waals surface area contributed by atoms with Crippen molar-refractivity contribution in [2.45, 2.75) is 33.3 Å². The van der Waals surface area contributed by atoms with Gasteiger partial charge in [-0.05, 0) is 27.2 Å². The number of furan rings is 1. The van der Waals surface area contributed by atoms with Crippen molar-refractivity contribution < 1.29 is 9.52 Å². The molecule has 2 aromatic rings. The summed E-state index contributed by atoms with van der Waals surface area (Å²) in [5.41, 5.74) is 1.66. The number of fused-ring (bicyclic) bond motifs is 1. The molecular formula is C12H17N3O2. The second-order valence-electron chi connectivity index (χ2n) is 4.25. The highest BCUT2D eigenvalue weighted by atomic mass is 16.3. The lowest BCUT2D eigenvalue weighted by Gasteiger charge is -2.07. The number of aryl methyl sites for hydroxylation is 2. The molecule has 0 aliphatic rings. The van der Waals surface area contributed by atoms with E-state index in [0.717, 1.165) is 22.5 Å². The van der Waals surface area contributed by atoms with Gasteiger partial charge in [-0.2, -0.15) is 0 Å². The Hall–Kier alpha value is -1.62. The molecule has 0 aromatic carbocycles. The van der Waals surface area contributed by atoms with Crippen LogP contribution < -0.4 is 5.32 Å². The summed E-state index contributed by atoms with van der Waals surface area (Å²) in [4.78, 5) is 8.31. The van der Waals surface area contributed by atoms with Crippen LogP contribution >= 0.6 is 0 Å². The monoisotopic (exact) mass is 235 g/mol. The lowest BCUT2D eigenvalue weighted by molar-refractivity contribution is 0.188. The third-order valence-corrected chi connectivity index (χ3v) is 2.82. The van der Waals surface area contributed by atoms with Crippen molar-refractivity contribution in [3.05, 3.63) is 17.7 Å². The number of hydrogen-bond acceptors (Lipinski definition) is 5. The average molecular weight is 235 g/mol. The second-order valence-corrected chi connectivity index (χ2v) is 4.25. The number of hydrogen-bond donors (Lipinski definition) is 2. The zero-order chi connectivity index (χ0) is 12.4. The number of nitrogens with zero attached hydrogens (tertiary/aromatic N) is 2. The molecule has 1 atom stereocenters. The largest absolute Gasteiger partial charge is 0.443 e. The number of aliphatic hydroxyl groups excluding tert-OH is 1. The first kappa shape index (κ1) is 11.9. The molecule has 0 spiro atoms. The molecule has 0 aliphatic carbocycles. The molecule has 0 bridgehead atoms. The Kier molecular flexibility index (Phi) is 3.28. The maximum Gasteiger partial charge on any atom is 0.231 e. The average Bonchev–Trinajstić information content (AvgIpc) is 2.55. The summed E-state index contributed by atoms with van der Waals surface area (Å²) >= 11 is 0. The quantitative estimate of drug-likeness (QED) is 0.848. The van der Waals surface area contributed by atoms with Crippen LogP contribution in [0, 0.1) is 13.8 Å². The molecule has 5 heteroatoms. The fourth-order valence-corrected chi connectivity index (χ4v) is 1.72. The third-order valence-electron chi connectivity index (χ3n) is 2.82. The zero-order valence-corrected chi connectivity index (χ0v) is 10.3. The van der Waals surface area contributed by atoms with Gasteiger partial charge in [0.1, 0.15) is 17.9 Å². The molecule has 5 nitrogen and oxygen atoms in total. The molecule has 2 heterocycles. The first-order chi connectivity index (χ1) is 8.09. The van der Waals surface area contributed by atoms with Gasteiger partial charge in [-0.1, -0.05) is 0 Å². The van der Waals surface area contributed by atoms with Crippen LogP contribution in [-0.4, -0.2) is 27.7 Å². The molecule has 0 radical (unpaired) electrons. The summed E-state index contributed by atoms with van der Waals surface area (Å²) in [5, 5.41) is 13.3. The van der Waals surface area contributed by atoms with Crippen LogP contribution in [0.1, 0.15) is 24.7 Å². The highest BCUT2D eigenvalue weighted by molar-refractivity contribution is 5.89. The summed E-state index contributed by atoms with van der Waals surface area (Å²) in [6.45, 7) is 6.35. The molecule has 17 heavy (non-hydrogen) atoms. The van der Waals surface area contributed by atoms with Crippen LogP contribution in [0.3, 0.4) is 0 Å². The number of rotatable bonds is 4. The topological polar surface area (TPSA) is 71.2 Å². The number of anilines is 1. The summed E-state index contributed by atoms with van der Waals surface area (Å²) in [6.07, 6.45) is 1.85. The van der Waals surface area contributed by atoms with Crippen molar-refractivity contribution in [1.82, 2.24) is 9.97 Å². The van der Waals surface area contributed by atoms with Crippen molar-refractivity contribution >= 4 is 16.9 Å². The minimum Gasteiger partial charge on any atom is -0.443 e. The van der Waals surface area contributed by atoms with E-state index < -0.39 is 0 Å². The van der Waals surface area contributed by atoms with Crippen LogP contribution in [-0.2, 0) is 0 Å². The fourth-order valence-electron chi connectivity index (χ4n) is 1.72. The van der Waals surface area contributed by atoms with Gasteiger partial charge in [-0.15, -0.1) is 0 Å². The maximum absolute atomic E-state index is 9.21. The van der Waals surface area contributed by atoms with Gasteiger partial charge < -0.3 is 14.8 Å². The van der Waals surface area contributed by atoms with Gasteiger partial charge in [0.2, 0.25) is 5.71 Å². The summed E-state index contributed by atoms with van der Waals surface area (Å²) in [6, 6.07) is 0. The molecule has 0 saturated carbocycles. The highest BCUT2D eigenvalue weighted by Gasteiger charge is 2.13. The van der Waals surface area contributed by atoms with Crippen LogP contribution in [0.2, 0.25) is 0 Å². The summed E-state index contributed by atoms with van der Waals surface area (Å²) < 4.78 is 5.53. The molecule has 2 aromatic heterocycles.